The number of rotatable bonds is 5. The summed E-state index contributed by atoms with van der Waals surface area (Å²) < 4.78 is 2.13. The number of hydrogen-bond acceptors (Lipinski definition) is 4. The lowest BCUT2D eigenvalue weighted by Gasteiger charge is -2.28. The van der Waals surface area contributed by atoms with E-state index in [9.17, 15) is 5.11 Å². The summed E-state index contributed by atoms with van der Waals surface area (Å²) in [7, 11) is 0. The third-order valence-electron chi connectivity index (χ3n) is 5.47. The Kier molecular flexibility index (Phi) is 5.09. The van der Waals surface area contributed by atoms with Crippen molar-refractivity contribution in [1.82, 2.24) is 24.8 Å². The standard InChI is InChI=1S/C24H21N5OS/c30-19-11-9-18(10-12-19)28-15-5-8-21(28)23-22(20-7-2-4-14-26-20)27-24(31)29(23)16-17-6-1-3-13-25-17/h1-15,22-23,30H,16H2,(H,27,31)/t22-,23+/m1/s1. The van der Waals surface area contributed by atoms with E-state index in [4.69, 9.17) is 12.2 Å². The van der Waals surface area contributed by atoms with Crippen molar-refractivity contribution in [1.29, 1.82) is 0 Å². The number of aromatic hydroxyl groups is 1. The van der Waals surface area contributed by atoms with E-state index in [1.165, 1.54) is 0 Å². The Labute approximate surface area is 185 Å². The van der Waals surface area contributed by atoms with Gasteiger partial charge in [-0.2, -0.15) is 0 Å². The first kappa shape index (κ1) is 19.3. The quantitative estimate of drug-likeness (QED) is 0.467. The molecule has 0 unspecified atom stereocenters. The Balaban J connectivity index is 1.60. The number of phenols is 1. The molecule has 0 amide bonds. The number of benzene rings is 1. The highest BCUT2D eigenvalue weighted by atomic mass is 32.1. The normalized spacial score (nSPS) is 18.2. The van der Waals surface area contributed by atoms with Gasteiger partial charge in [0, 0.05) is 30.0 Å². The summed E-state index contributed by atoms with van der Waals surface area (Å²) in [6.45, 7) is 0.585. The SMILES string of the molecule is Oc1ccc(-n2cccc2[C@H]2[C@@H](c3ccccn3)NC(=S)N2Cc2ccccn2)cc1. The van der Waals surface area contributed by atoms with E-state index < -0.39 is 0 Å². The monoisotopic (exact) mass is 427 g/mol. The van der Waals surface area contributed by atoms with Crippen molar-refractivity contribution < 1.29 is 5.11 Å². The Morgan fingerprint density at radius 3 is 2.39 bits per heavy atom. The number of pyridine rings is 2. The first-order chi connectivity index (χ1) is 15.2. The Bertz CT molecular complexity index is 1180. The zero-order chi connectivity index (χ0) is 21.2. The van der Waals surface area contributed by atoms with Crippen molar-refractivity contribution in [2.75, 3.05) is 0 Å². The maximum Gasteiger partial charge on any atom is 0.170 e. The minimum absolute atomic E-state index is 0.0896. The van der Waals surface area contributed by atoms with Crippen molar-refractivity contribution in [3.05, 3.63) is 108 Å². The fourth-order valence-electron chi connectivity index (χ4n) is 4.05. The Morgan fingerprint density at radius 2 is 1.68 bits per heavy atom. The van der Waals surface area contributed by atoms with E-state index in [2.05, 4.69) is 30.8 Å². The van der Waals surface area contributed by atoms with Crippen LogP contribution in [-0.4, -0.2) is 29.7 Å². The highest BCUT2D eigenvalue weighted by molar-refractivity contribution is 7.80. The molecule has 3 aromatic heterocycles. The minimum Gasteiger partial charge on any atom is -0.508 e. The summed E-state index contributed by atoms with van der Waals surface area (Å²) >= 11 is 5.76. The molecule has 31 heavy (non-hydrogen) atoms. The van der Waals surface area contributed by atoms with Crippen LogP contribution >= 0.6 is 12.2 Å². The van der Waals surface area contributed by atoms with E-state index in [-0.39, 0.29) is 17.8 Å². The van der Waals surface area contributed by atoms with Crippen LogP contribution in [0.15, 0.2) is 91.4 Å². The summed E-state index contributed by atoms with van der Waals surface area (Å²) in [5.41, 5.74) is 3.91. The molecule has 0 aliphatic carbocycles. The van der Waals surface area contributed by atoms with Crippen LogP contribution in [0, 0.1) is 0 Å². The molecular weight excluding hydrogens is 406 g/mol. The van der Waals surface area contributed by atoms with Gasteiger partial charge in [0.05, 0.1) is 30.0 Å². The zero-order valence-corrected chi connectivity index (χ0v) is 17.5. The second-order valence-electron chi connectivity index (χ2n) is 7.40. The molecule has 1 fully saturated rings. The van der Waals surface area contributed by atoms with Gasteiger partial charge in [-0.3, -0.25) is 9.97 Å². The highest BCUT2D eigenvalue weighted by Gasteiger charge is 2.41. The molecule has 1 aliphatic heterocycles. The van der Waals surface area contributed by atoms with Crippen LogP contribution in [0.4, 0.5) is 0 Å². The minimum atomic E-state index is -0.108. The summed E-state index contributed by atoms with van der Waals surface area (Å²) in [5.74, 6) is 0.240. The van der Waals surface area contributed by atoms with Crippen LogP contribution in [0.2, 0.25) is 0 Å². The molecule has 4 aromatic rings. The van der Waals surface area contributed by atoms with Crippen molar-refractivity contribution in [3.63, 3.8) is 0 Å². The van der Waals surface area contributed by atoms with Gasteiger partial charge in [-0.1, -0.05) is 12.1 Å². The smallest absolute Gasteiger partial charge is 0.170 e. The molecular formula is C24H21N5OS. The molecule has 7 heteroatoms. The van der Waals surface area contributed by atoms with E-state index >= 15 is 0 Å². The topological polar surface area (TPSA) is 66.2 Å². The van der Waals surface area contributed by atoms with Gasteiger partial charge in [0.2, 0.25) is 0 Å². The van der Waals surface area contributed by atoms with E-state index in [0.717, 1.165) is 22.8 Å². The molecule has 0 bridgehead atoms. The molecule has 6 nitrogen and oxygen atoms in total. The Morgan fingerprint density at radius 1 is 0.903 bits per heavy atom. The highest BCUT2D eigenvalue weighted by Crippen LogP contribution is 2.40. The molecule has 0 radical (unpaired) electrons. The van der Waals surface area contributed by atoms with Gasteiger partial charge in [0.1, 0.15) is 5.75 Å². The van der Waals surface area contributed by atoms with Crippen molar-refractivity contribution in [3.8, 4) is 11.4 Å². The summed E-state index contributed by atoms with van der Waals surface area (Å²) in [5, 5.41) is 13.9. The second-order valence-corrected chi connectivity index (χ2v) is 7.78. The van der Waals surface area contributed by atoms with Gasteiger partial charge in [0.15, 0.2) is 5.11 Å². The Hall–Kier alpha value is -3.71. The van der Waals surface area contributed by atoms with Crippen LogP contribution in [0.5, 0.6) is 5.75 Å². The van der Waals surface area contributed by atoms with E-state index in [0.29, 0.717) is 11.7 Å². The number of nitrogens with one attached hydrogen (secondary N) is 1. The van der Waals surface area contributed by atoms with Gasteiger partial charge in [-0.25, -0.2) is 0 Å². The maximum absolute atomic E-state index is 9.71. The molecule has 0 spiro atoms. The summed E-state index contributed by atoms with van der Waals surface area (Å²) in [6.07, 6.45) is 5.63. The maximum atomic E-state index is 9.71. The summed E-state index contributed by atoms with van der Waals surface area (Å²) in [6, 6.07) is 22.9. The van der Waals surface area contributed by atoms with Gasteiger partial charge in [-0.05, 0) is 72.9 Å². The van der Waals surface area contributed by atoms with Crippen molar-refractivity contribution in [2.24, 2.45) is 0 Å². The molecule has 1 aliphatic rings. The van der Waals surface area contributed by atoms with Crippen LogP contribution in [0.1, 0.15) is 29.2 Å². The third-order valence-corrected chi connectivity index (χ3v) is 5.82. The lowest BCUT2D eigenvalue weighted by Crippen LogP contribution is -2.30. The number of phenolic OH excluding ortho intramolecular Hbond substituents is 1. The third kappa shape index (κ3) is 3.75. The first-order valence-corrected chi connectivity index (χ1v) is 10.5. The van der Waals surface area contributed by atoms with Crippen molar-refractivity contribution >= 4 is 17.3 Å². The van der Waals surface area contributed by atoms with E-state index in [1.54, 1.807) is 24.5 Å². The number of aromatic nitrogens is 3. The molecule has 1 aromatic carbocycles. The molecule has 1 saturated heterocycles. The molecule has 4 heterocycles. The average molecular weight is 428 g/mol. The van der Waals surface area contributed by atoms with Crippen LogP contribution in [0.25, 0.3) is 5.69 Å². The van der Waals surface area contributed by atoms with E-state index in [1.807, 2.05) is 60.8 Å². The fraction of sp³-hybridized carbons (Fsp3) is 0.125. The lowest BCUT2D eigenvalue weighted by molar-refractivity contribution is 0.299. The molecule has 2 N–H and O–H groups in total. The predicted octanol–water partition coefficient (Wildman–Crippen LogP) is 4.15. The first-order valence-electron chi connectivity index (χ1n) is 10.1. The average Bonchev–Trinajstić information content (AvgIpc) is 3.40. The molecule has 154 valence electrons. The molecule has 5 rings (SSSR count). The molecule has 2 atom stereocenters. The fourth-order valence-corrected chi connectivity index (χ4v) is 4.35. The lowest BCUT2D eigenvalue weighted by atomic mass is 10.0. The number of thiocarbonyl (C=S) groups is 1. The van der Waals surface area contributed by atoms with Crippen LogP contribution in [0.3, 0.4) is 0 Å². The van der Waals surface area contributed by atoms with Gasteiger partial charge < -0.3 is 19.9 Å². The van der Waals surface area contributed by atoms with Crippen LogP contribution in [-0.2, 0) is 6.54 Å². The van der Waals surface area contributed by atoms with Gasteiger partial charge in [-0.15, -0.1) is 0 Å². The number of nitrogens with zero attached hydrogens (tertiary/aromatic N) is 4. The van der Waals surface area contributed by atoms with Gasteiger partial charge >= 0.3 is 0 Å². The largest absolute Gasteiger partial charge is 0.508 e. The second kappa shape index (κ2) is 8.20. The summed E-state index contributed by atoms with van der Waals surface area (Å²) in [4.78, 5) is 11.3. The zero-order valence-electron chi connectivity index (χ0n) is 16.7. The number of hydrogen-bond donors (Lipinski definition) is 2. The van der Waals surface area contributed by atoms with Crippen LogP contribution < -0.4 is 5.32 Å². The predicted molar refractivity (Wildman–Crippen MR) is 123 cm³/mol. The van der Waals surface area contributed by atoms with Gasteiger partial charge in [0.25, 0.3) is 0 Å². The van der Waals surface area contributed by atoms with Crippen molar-refractivity contribution in [2.45, 2.75) is 18.6 Å². The molecule has 0 saturated carbocycles.